The van der Waals surface area contributed by atoms with Crippen molar-refractivity contribution in [3.05, 3.63) is 164 Å². The number of carbonyl (C=O) groups excluding carboxylic acids is 1. The normalized spacial score (nSPS) is 17.2. The van der Waals surface area contributed by atoms with Gasteiger partial charge in [-0.25, -0.2) is 4.79 Å². The van der Waals surface area contributed by atoms with Gasteiger partial charge in [0.1, 0.15) is 49.1 Å². The van der Waals surface area contributed by atoms with Crippen LogP contribution in [0.2, 0.25) is 0 Å². The third-order valence-electron chi connectivity index (χ3n) is 10.8. The molecule has 0 radical (unpaired) electrons. The first-order valence-electron chi connectivity index (χ1n) is 19.2. The number of hydrogen-bond donors (Lipinski definition) is 1. The minimum absolute atomic E-state index is 0.0331. The Kier molecular flexibility index (Phi) is 13.9. The van der Waals surface area contributed by atoms with Gasteiger partial charge in [0.2, 0.25) is 9.03 Å². The Morgan fingerprint density at radius 1 is 0.807 bits per heavy atom. The van der Waals surface area contributed by atoms with E-state index < -0.39 is 35.3 Å². The predicted molar refractivity (Wildman–Crippen MR) is 219 cm³/mol. The van der Waals surface area contributed by atoms with Crippen LogP contribution in [0.1, 0.15) is 66.0 Å². The number of aromatic nitrogens is 2. The van der Waals surface area contributed by atoms with Gasteiger partial charge in [0.25, 0.3) is 5.56 Å². The van der Waals surface area contributed by atoms with Gasteiger partial charge in [-0.3, -0.25) is 19.1 Å². The number of aromatic amines is 1. The number of H-pyrrole nitrogens is 1. The number of ether oxygens (including phenoxy) is 4. The maximum absolute atomic E-state index is 13.4. The fourth-order valence-corrected chi connectivity index (χ4v) is 8.18. The van der Waals surface area contributed by atoms with E-state index in [0.29, 0.717) is 21.7 Å². The van der Waals surface area contributed by atoms with Gasteiger partial charge in [-0.1, -0.05) is 84.9 Å². The lowest BCUT2D eigenvalue weighted by Crippen LogP contribution is -2.45. The van der Waals surface area contributed by atoms with Crippen molar-refractivity contribution < 1.29 is 37.5 Å². The van der Waals surface area contributed by atoms with E-state index in [1.54, 1.807) is 38.5 Å². The first-order valence-corrected chi connectivity index (χ1v) is 20.0. The number of quaternary nitrogens is 1. The molecule has 1 aliphatic heterocycles. The zero-order valence-corrected chi connectivity index (χ0v) is 34.0. The van der Waals surface area contributed by atoms with Gasteiger partial charge in [0.15, 0.2) is 5.78 Å². The maximum Gasteiger partial charge on any atom is 0.330 e. The zero-order chi connectivity index (χ0) is 40.4. The highest BCUT2D eigenvalue weighted by Gasteiger charge is 2.43. The summed E-state index contributed by atoms with van der Waals surface area (Å²) in [6, 6.07) is 34.2. The highest BCUT2D eigenvalue weighted by Crippen LogP contribution is 2.43. The summed E-state index contributed by atoms with van der Waals surface area (Å²) in [6.07, 6.45) is -0.639. The van der Waals surface area contributed by atoms with E-state index in [2.05, 4.69) is 25.8 Å². The molecular formula is C44H51N3O9P+. The fraction of sp³-hybridized carbons (Fsp3) is 0.341. The van der Waals surface area contributed by atoms with Crippen LogP contribution in [-0.4, -0.2) is 72.6 Å². The first-order chi connectivity index (χ1) is 27.7. The van der Waals surface area contributed by atoms with Crippen molar-refractivity contribution in [2.45, 2.75) is 57.6 Å². The molecule has 1 fully saturated rings. The molecule has 0 saturated carbocycles. The summed E-state index contributed by atoms with van der Waals surface area (Å²) in [5.41, 5.74) is 0.757. The molecule has 1 N–H and O–H groups in total. The number of nitrogens with zero attached hydrogens (tertiary/aromatic N) is 2. The smallest absolute Gasteiger partial charge is 0.330 e. The third-order valence-corrected chi connectivity index (χ3v) is 11.6. The Bertz CT molecular complexity index is 2120. The van der Waals surface area contributed by atoms with Crippen LogP contribution in [0.25, 0.3) is 0 Å². The monoisotopic (exact) mass is 796 g/mol. The van der Waals surface area contributed by atoms with E-state index in [1.807, 2.05) is 84.9 Å². The van der Waals surface area contributed by atoms with Crippen LogP contribution in [0.3, 0.4) is 0 Å². The molecule has 6 rings (SSSR count). The van der Waals surface area contributed by atoms with Gasteiger partial charge in [0, 0.05) is 30.2 Å². The summed E-state index contributed by atoms with van der Waals surface area (Å²) in [7, 11) is 2.92. The minimum Gasteiger partial charge on any atom is -0.497 e. The lowest BCUT2D eigenvalue weighted by atomic mass is 9.80. The Labute approximate surface area is 334 Å². The third kappa shape index (κ3) is 9.28. The van der Waals surface area contributed by atoms with E-state index in [4.69, 9.17) is 28.1 Å². The molecule has 0 aliphatic carbocycles. The molecule has 1 saturated heterocycles. The van der Waals surface area contributed by atoms with E-state index in [0.717, 1.165) is 36.3 Å². The molecule has 1 aromatic heterocycles. The Balaban J connectivity index is 1.37. The van der Waals surface area contributed by atoms with Gasteiger partial charge >= 0.3 is 5.69 Å². The van der Waals surface area contributed by atoms with Crippen molar-refractivity contribution in [2.24, 2.45) is 0 Å². The number of Topliss-reactive ketones (excluding diaryl/α,β-unsaturated/α-hetero) is 1. The second-order valence-corrected chi connectivity index (χ2v) is 14.4. The van der Waals surface area contributed by atoms with Gasteiger partial charge in [-0.15, -0.1) is 0 Å². The van der Waals surface area contributed by atoms with Crippen molar-refractivity contribution in [3.63, 3.8) is 0 Å². The molecule has 300 valence electrons. The van der Waals surface area contributed by atoms with E-state index in [-0.39, 0.29) is 39.8 Å². The lowest BCUT2D eigenvalue weighted by molar-refractivity contribution is -1.08. The second-order valence-electron chi connectivity index (χ2n) is 13.8. The average Bonchev–Trinajstić information content (AvgIpc) is 3.67. The lowest BCUT2D eigenvalue weighted by Gasteiger charge is -2.37. The van der Waals surface area contributed by atoms with Crippen LogP contribution in [0.5, 0.6) is 11.5 Å². The Hall–Kier alpha value is -4.94. The summed E-state index contributed by atoms with van der Waals surface area (Å²) in [5, 5.41) is 0. The Morgan fingerprint density at radius 2 is 1.35 bits per heavy atom. The largest absolute Gasteiger partial charge is 0.497 e. The molecule has 4 atom stereocenters. The first kappa shape index (κ1) is 41.7. The number of methoxy groups -OCH3 is 2. The van der Waals surface area contributed by atoms with Crippen molar-refractivity contribution in [1.29, 1.82) is 0 Å². The zero-order valence-electron chi connectivity index (χ0n) is 33.0. The van der Waals surface area contributed by atoms with Crippen LogP contribution in [0.4, 0.5) is 0 Å². The van der Waals surface area contributed by atoms with E-state index in [9.17, 15) is 14.4 Å². The summed E-state index contributed by atoms with van der Waals surface area (Å²) >= 11 is 0. The fourth-order valence-electron chi connectivity index (χ4n) is 7.22. The number of hydroxylamine groups is 3. The summed E-state index contributed by atoms with van der Waals surface area (Å²) in [6.45, 7) is 8.55. The molecule has 4 aromatic carbocycles. The maximum atomic E-state index is 13.4. The van der Waals surface area contributed by atoms with Crippen molar-refractivity contribution >= 4 is 14.8 Å². The average molecular weight is 797 g/mol. The highest BCUT2D eigenvalue weighted by molar-refractivity contribution is 7.26. The highest BCUT2D eigenvalue weighted by atomic mass is 31.1. The minimum atomic E-state index is -1.14. The standard InChI is InChI=1S/C44H50N3O9P/c1-6-47(7-2,8-3)56-57-55-39-28-41(46-29-32(42(49)45-43(46)50)27-38(48)31-15-11-9-12-16-31)54-40(39)30-53-44(33-17-13-10-14-18-33,34-19-23-36(51-4)24-20-34)35-21-25-37(52-5)26-22-35/h9-26,29,39-41,57H,6-8,27-28,30H2,1-5H3/p+1/t39-,40+,41+/m0/s1. The Morgan fingerprint density at radius 3 is 1.89 bits per heavy atom. The molecule has 5 aromatic rings. The number of carbonyl (C=O) groups is 1. The van der Waals surface area contributed by atoms with Crippen LogP contribution in [0, 0.1) is 0 Å². The van der Waals surface area contributed by atoms with Crippen LogP contribution in [0.15, 0.2) is 125 Å². The molecule has 2 heterocycles. The number of benzene rings is 4. The number of rotatable bonds is 19. The van der Waals surface area contributed by atoms with Crippen LogP contribution < -0.4 is 20.7 Å². The van der Waals surface area contributed by atoms with Gasteiger partial charge in [0.05, 0.1) is 26.9 Å². The molecule has 1 unspecified atom stereocenters. The molecule has 13 heteroatoms. The molecule has 1 aliphatic rings. The predicted octanol–water partition coefficient (Wildman–Crippen LogP) is 6.98. The summed E-state index contributed by atoms with van der Waals surface area (Å²) < 4.78 is 39.5. The van der Waals surface area contributed by atoms with Gasteiger partial charge in [-0.05, 0) is 61.7 Å². The van der Waals surface area contributed by atoms with Crippen molar-refractivity contribution in [1.82, 2.24) is 9.55 Å². The SMILES string of the molecule is CC[N+](CC)(CC)OPO[C@H]1C[C@H](n2cc(CC(=O)c3ccccc3)c(=O)[nH]c2=O)O[C@@H]1COC(c1ccccc1)(c1ccc(OC)cc1)c1ccc(OC)cc1. The van der Waals surface area contributed by atoms with E-state index >= 15 is 0 Å². The molecule has 0 spiro atoms. The van der Waals surface area contributed by atoms with Gasteiger partial charge in [-0.2, -0.15) is 9.27 Å². The molecule has 57 heavy (non-hydrogen) atoms. The summed E-state index contributed by atoms with van der Waals surface area (Å²) in [5.74, 6) is 1.15. The van der Waals surface area contributed by atoms with Crippen LogP contribution in [-0.2, 0) is 30.6 Å². The molecular weight excluding hydrogens is 745 g/mol. The van der Waals surface area contributed by atoms with Crippen molar-refractivity contribution in [2.75, 3.05) is 40.5 Å². The van der Waals surface area contributed by atoms with Crippen LogP contribution >= 0.6 is 9.03 Å². The quantitative estimate of drug-likeness (QED) is 0.0310. The molecule has 0 amide bonds. The molecule has 0 bridgehead atoms. The van der Waals surface area contributed by atoms with E-state index in [1.165, 1.54) is 10.8 Å². The number of hydrogen-bond acceptors (Lipinski definition) is 9. The summed E-state index contributed by atoms with van der Waals surface area (Å²) in [4.78, 5) is 41.9. The van der Waals surface area contributed by atoms with Gasteiger partial charge < -0.3 is 23.5 Å². The number of nitrogens with one attached hydrogen (secondary N) is 1. The molecule has 12 nitrogen and oxygen atoms in total. The van der Waals surface area contributed by atoms with Crippen molar-refractivity contribution in [3.8, 4) is 11.5 Å². The topological polar surface area (TPSA) is 127 Å². The number of ketones is 1. The second kappa shape index (κ2) is 19.0.